The molecule has 0 aromatic heterocycles. The fourth-order valence-corrected chi connectivity index (χ4v) is 5.40. The third kappa shape index (κ3) is 7.34. The Balaban J connectivity index is 1.39. The van der Waals surface area contributed by atoms with Gasteiger partial charge in [-0.1, -0.05) is 30.3 Å². The van der Waals surface area contributed by atoms with Gasteiger partial charge in [0, 0.05) is 12.1 Å². The molecule has 0 unspecified atom stereocenters. The standard InChI is InChI=1S/C30H28N4O6S/c1-22-7-6-10-29(23(22)2)33(41(38,39)28-8-4-3-5-9-28)20-30(35)32-31-19-24-13-17-27(18-14-24)40-21-25-11-15-26(16-12-25)34(36)37/h3-19H,20-21H2,1-2H3,(H,32,35)/b31-19-. The highest BCUT2D eigenvalue weighted by atomic mass is 32.2. The predicted molar refractivity (Wildman–Crippen MR) is 156 cm³/mol. The molecule has 210 valence electrons. The molecule has 0 saturated heterocycles. The zero-order chi connectivity index (χ0) is 29.4. The molecule has 0 aliphatic carbocycles. The van der Waals surface area contributed by atoms with Crippen molar-refractivity contribution >= 4 is 33.5 Å². The number of rotatable bonds is 11. The summed E-state index contributed by atoms with van der Waals surface area (Å²) in [6.45, 7) is 3.47. The highest BCUT2D eigenvalue weighted by molar-refractivity contribution is 7.92. The van der Waals surface area contributed by atoms with Gasteiger partial charge in [-0.15, -0.1) is 0 Å². The molecule has 0 aliphatic heterocycles. The van der Waals surface area contributed by atoms with Gasteiger partial charge in [0.15, 0.2) is 0 Å². The molecule has 0 radical (unpaired) electrons. The van der Waals surface area contributed by atoms with Crippen molar-refractivity contribution in [2.45, 2.75) is 25.3 Å². The zero-order valence-electron chi connectivity index (χ0n) is 22.4. The SMILES string of the molecule is Cc1cccc(N(CC(=O)N/N=C\c2ccc(OCc3ccc([N+](=O)[O-])cc3)cc2)S(=O)(=O)c2ccccc2)c1C. The van der Waals surface area contributed by atoms with Crippen molar-refractivity contribution in [1.29, 1.82) is 0 Å². The lowest BCUT2D eigenvalue weighted by Crippen LogP contribution is -2.40. The lowest BCUT2D eigenvalue weighted by molar-refractivity contribution is -0.384. The van der Waals surface area contributed by atoms with E-state index in [4.69, 9.17) is 4.74 Å². The molecule has 4 rings (SSSR count). The lowest BCUT2D eigenvalue weighted by atomic mass is 10.1. The van der Waals surface area contributed by atoms with E-state index in [9.17, 15) is 23.3 Å². The molecule has 4 aromatic carbocycles. The van der Waals surface area contributed by atoms with E-state index in [0.717, 1.165) is 21.0 Å². The van der Waals surface area contributed by atoms with Crippen LogP contribution in [0.4, 0.5) is 11.4 Å². The molecule has 0 saturated carbocycles. The van der Waals surface area contributed by atoms with Crippen LogP contribution in [0.15, 0.2) is 107 Å². The van der Waals surface area contributed by atoms with Gasteiger partial charge in [-0.05, 0) is 90.7 Å². The molecule has 0 atom stereocenters. The van der Waals surface area contributed by atoms with Crippen molar-refractivity contribution in [3.8, 4) is 5.75 Å². The van der Waals surface area contributed by atoms with Gasteiger partial charge in [0.2, 0.25) is 0 Å². The molecule has 10 nitrogen and oxygen atoms in total. The molecule has 0 aliphatic rings. The average Bonchev–Trinajstić information content (AvgIpc) is 2.98. The van der Waals surface area contributed by atoms with E-state index < -0.39 is 27.4 Å². The number of hydrogen-bond donors (Lipinski definition) is 1. The number of carbonyl (C=O) groups is 1. The van der Waals surface area contributed by atoms with Crippen molar-refractivity contribution in [1.82, 2.24) is 5.43 Å². The molecule has 0 fully saturated rings. The summed E-state index contributed by atoms with van der Waals surface area (Å²) >= 11 is 0. The fraction of sp³-hybridized carbons (Fsp3) is 0.133. The lowest BCUT2D eigenvalue weighted by Gasteiger charge is -2.26. The smallest absolute Gasteiger partial charge is 0.269 e. The highest BCUT2D eigenvalue weighted by Gasteiger charge is 2.28. The number of hydrazone groups is 1. The molecular weight excluding hydrogens is 544 g/mol. The molecule has 4 aromatic rings. The number of nitrogens with one attached hydrogen (secondary N) is 1. The van der Waals surface area contributed by atoms with E-state index in [0.29, 0.717) is 17.0 Å². The summed E-state index contributed by atoms with van der Waals surface area (Å²) in [6, 6.07) is 26.3. The van der Waals surface area contributed by atoms with E-state index in [1.54, 1.807) is 66.7 Å². The third-order valence-corrected chi connectivity index (χ3v) is 8.07. The number of nitrogens with zero attached hydrogens (tertiary/aromatic N) is 3. The van der Waals surface area contributed by atoms with Crippen molar-refractivity contribution in [3.05, 3.63) is 129 Å². The van der Waals surface area contributed by atoms with Crippen LogP contribution in [0.1, 0.15) is 22.3 Å². The Morgan fingerprint density at radius 3 is 2.29 bits per heavy atom. The number of non-ortho nitro benzene ring substituents is 1. The van der Waals surface area contributed by atoms with Gasteiger partial charge in [-0.3, -0.25) is 19.2 Å². The Kier molecular flexibility index (Phi) is 9.10. The maximum absolute atomic E-state index is 13.5. The number of ether oxygens (including phenoxy) is 1. The van der Waals surface area contributed by atoms with Crippen molar-refractivity contribution in [2.24, 2.45) is 5.10 Å². The van der Waals surface area contributed by atoms with Crippen molar-refractivity contribution in [2.75, 3.05) is 10.8 Å². The van der Waals surface area contributed by atoms with Crippen LogP contribution in [0.5, 0.6) is 5.75 Å². The normalized spacial score (nSPS) is 11.3. The summed E-state index contributed by atoms with van der Waals surface area (Å²) in [5, 5.41) is 14.8. The summed E-state index contributed by atoms with van der Waals surface area (Å²) in [5.41, 5.74) is 5.95. The quantitative estimate of drug-likeness (QED) is 0.150. The van der Waals surface area contributed by atoms with Crippen LogP contribution in [0, 0.1) is 24.0 Å². The van der Waals surface area contributed by atoms with E-state index in [2.05, 4.69) is 10.5 Å². The number of anilines is 1. The average molecular weight is 573 g/mol. The predicted octanol–water partition coefficient (Wildman–Crippen LogP) is 5.14. The number of hydrogen-bond acceptors (Lipinski definition) is 7. The van der Waals surface area contributed by atoms with E-state index in [1.807, 2.05) is 19.9 Å². The second kappa shape index (κ2) is 12.9. The Morgan fingerprint density at radius 1 is 0.951 bits per heavy atom. The summed E-state index contributed by atoms with van der Waals surface area (Å²) in [4.78, 5) is 23.2. The van der Waals surface area contributed by atoms with E-state index >= 15 is 0 Å². The zero-order valence-corrected chi connectivity index (χ0v) is 23.2. The maximum atomic E-state index is 13.5. The first-order valence-electron chi connectivity index (χ1n) is 12.6. The maximum Gasteiger partial charge on any atom is 0.269 e. The largest absolute Gasteiger partial charge is 0.489 e. The highest BCUT2D eigenvalue weighted by Crippen LogP contribution is 2.28. The number of aryl methyl sites for hydroxylation is 1. The summed E-state index contributed by atoms with van der Waals surface area (Å²) < 4.78 is 33.8. The Bertz CT molecular complexity index is 1660. The van der Waals surface area contributed by atoms with Crippen molar-refractivity contribution < 1.29 is 22.9 Å². The van der Waals surface area contributed by atoms with Crippen LogP contribution >= 0.6 is 0 Å². The molecule has 0 bridgehead atoms. The van der Waals surface area contributed by atoms with Crippen LogP contribution in [-0.4, -0.2) is 32.0 Å². The minimum Gasteiger partial charge on any atom is -0.489 e. The fourth-order valence-electron chi connectivity index (χ4n) is 3.90. The molecule has 0 heterocycles. The van der Waals surface area contributed by atoms with E-state index in [-0.39, 0.29) is 17.2 Å². The van der Waals surface area contributed by atoms with Gasteiger partial charge in [-0.25, -0.2) is 13.8 Å². The van der Waals surface area contributed by atoms with E-state index in [1.165, 1.54) is 30.5 Å². The van der Waals surface area contributed by atoms with Gasteiger partial charge in [0.25, 0.3) is 21.6 Å². The second-order valence-electron chi connectivity index (χ2n) is 9.12. The van der Waals surface area contributed by atoms with Gasteiger partial charge >= 0.3 is 0 Å². The van der Waals surface area contributed by atoms with Gasteiger partial charge in [0.05, 0.1) is 21.7 Å². The minimum absolute atomic E-state index is 0.0142. The van der Waals surface area contributed by atoms with Gasteiger partial charge < -0.3 is 4.74 Å². The van der Waals surface area contributed by atoms with Crippen molar-refractivity contribution in [3.63, 3.8) is 0 Å². The van der Waals surface area contributed by atoms with Gasteiger partial charge in [-0.2, -0.15) is 5.10 Å². The van der Waals surface area contributed by atoms with Crippen LogP contribution < -0.4 is 14.5 Å². The number of benzene rings is 4. The first kappa shape index (κ1) is 29.0. The number of carbonyl (C=O) groups excluding carboxylic acids is 1. The van der Waals surface area contributed by atoms with Crippen LogP contribution in [0.25, 0.3) is 0 Å². The first-order chi connectivity index (χ1) is 19.6. The molecule has 0 spiro atoms. The Morgan fingerprint density at radius 2 is 1.63 bits per heavy atom. The number of nitro groups is 1. The second-order valence-corrected chi connectivity index (χ2v) is 11.0. The van der Waals surface area contributed by atoms with Gasteiger partial charge in [0.1, 0.15) is 18.9 Å². The molecular formula is C30H28N4O6S. The summed E-state index contributed by atoms with van der Waals surface area (Å²) in [7, 11) is -4.03. The minimum atomic E-state index is -4.03. The summed E-state index contributed by atoms with van der Waals surface area (Å²) in [5.74, 6) is -0.0236. The Labute approximate surface area is 238 Å². The first-order valence-corrected chi connectivity index (χ1v) is 14.0. The number of sulfonamides is 1. The van der Waals surface area contributed by atoms with Crippen LogP contribution in [-0.2, 0) is 21.4 Å². The molecule has 1 amide bonds. The molecule has 41 heavy (non-hydrogen) atoms. The topological polar surface area (TPSA) is 131 Å². The molecule has 1 N–H and O–H groups in total. The number of amides is 1. The van der Waals surface area contributed by atoms with Crippen LogP contribution in [0.3, 0.4) is 0 Å². The Hall–Kier alpha value is -5.03. The number of nitro benzene ring substituents is 1. The van der Waals surface area contributed by atoms with Crippen LogP contribution in [0.2, 0.25) is 0 Å². The molecule has 11 heteroatoms. The monoisotopic (exact) mass is 572 g/mol. The summed E-state index contributed by atoms with van der Waals surface area (Å²) in [6.07, 6.45) is 1.44. The third-order valence-electron chi connectivity index (χ3n) is 6.30.